The van der Waals surface area contributed by atoms with Crippen LogP contribution in [0, 0.1) is 0 Å². The molecule has 0 aromatic heterocycles. The molecule has 0 bridgehead atoms. The van der Waals surface area contributed by atoms with Crippen LogP contribution in [-0.4, -0.2) is 12.5 Å². The summed E-state index contributed by atoms with van der Waals surface area (Å²) in [5.41, 5.74) is 7.04. The summed E-state index contributed by atoms with van der Waals surface area (Å²) < 4.78 is 0. The Balaban J connectivity index is 2.04. The minimum Gasteiger partial charge on any atom is -0.449 e. The van der Waals surface area contributed by atoms with Gasteiger partial charge in [0.2, 0.25) is 0 Å². The van der Waals surface area contributed by atoms with E-state index in [0.29, 0.717) is 0 Å². The van der Waals surface area contributed by atoms with Gasteiger partial charge in [-0.25, -0.2) is 0 Å². The summed E-state index contributed by atoms with van der Waals surface area (Å²) in [6.07, 6.45) is 0. The van der Waals surface area contributed by atoms with Gasteiger partial charge >= 0.3 is 7.48 Å². The van der Waals surface area contributed by atoms with E-state index in [9.17, 15) is 5.02 Å². The quantitative estimate of drug-likeness (QED) is 0.562. The molecule has 1 unspecified atom stereocenters. The number of benzene rings is 3. The van der Waals surface area contributed by atoms with Gasteiger partial charge in [0.05, 0.1) is 0 Å². The van der Waals surface area contributed by atoms with Gasteiger partial charge in [0.25, 0.3) is 0 Å². The van der Waals surface area contributed by atoms with Crippen molar-refractivity contribution < 1.29 is 5.02 Å². The van der Waals surface area contributed by atoms with E-state index in [1.54, 1.807) is 0 Å². The summed E-state index contributed by atoms with van der Waals surface area (Å²) in [5.74, 6) is 0.159. The molecule has 1 nitrogen and oxygen atoms in total. The highest BCUT2D eigenvalue weighted by Crippen LogP contribution is 2.47. The number of hydrogen-bond donors (Lipinski definition) is 1. The second-order valence-electron chi connectivity index (χ2n) is 5.61. The van der Waals surface area contributed by atoms with Crippen molar-refractivity contribution in [3.63, 3.8) is 0 Å². The lowest BCUT2D eigenvalue weighted by Gasteiger charge is -2.16. The summed E-state index contributed by atoms with van der Waals surface area (Å²) in [6.45, 7) is 0. The fourth-order valence-electron chi connectivity index (χ4n) is 3.49. The molecule has 0 saturated heterocycles. The van der Waals surface area contributed by atoms with Gasteiger partial charge in [-0.2, -0.15) is 0 Å². The highest BCUT2D eigenvalue weighted by molar-refractivity contribution is 6.46. The van der Waals surface area contributed by atoms with Gasteiger partial charge < -0.3 is 5.02 Å². The molecule has 1 aliphatic carbocycles. The third kappa shape index (κ3) is 1.99. The maximum absolute atomic E-state index is 9.77. The van der Waals surface area contributed by atoms with E-state index in [2.05, 4.69) is 36.4 Å². The molecule has 0 fully saturated rings. The molecule has 1 atom stereocenters. The Labute approximate surface area is 135 Å². The summed E-state index contributed by atoms with van der Waals surface area (Å²) in [7, 11) is 0.0498. The molecule has 0 radical (unpaired) electrons. The first-order chi connectivity index (χ1) is 10.8. The molecule has 0 spiro atoms. The van der Waals surface area contributed by atoms with Crippen LogP contribution in [0.5, 0.6) is 0 Å². The molecule has 1 N–H and O–H groups in total. The zero-order valence-corrected chi connectivity index (χ0v) is 12.7. The minimum absolute atomic E-state index is 0.0498. The number of hydrogen-bond acceptors (Lipinski definition) is 1. The molecule has 22 heavy (non-hydrogen) atoms. The van der Waals surface area contributed by atoms with Crippen LogP contribution in [-0.2, 0) is 0 Å². The van der Waals surface area contributed by atoms with Gasteiger partial charge in [-0.3, -0.25) is 0 Å². The van der Waals surface area contributed by atoms with Crippen molar-refractivity contribution >= 4 is 24.5 Å². The Morgan fingerprint density at radius 1 is 0.864 bits per heavy atom. The van der Waals surface area contributed by atoms with Crippen molar-refractivity contribution in [3.05, 3.63) is 88.4 Å². The average Bonchev–Trinajstić information content (AvgIpc) is 2.89. The van der Waals surface area contributed by atoms with Crippen LogP contribution >= 0.6 is 11.6 Å². The molecular formula is C19H14BClO. The third-order valence-electron chi connectivity index (χ3n) is 4.40. The molecule has 4 rings (SSSR count). The maximum atomic E-state index is 9.77. The topological polar surface area (TPSA) is 20.2 Å². The SMILES string of the molecule is OBc1cccc2c1C(c1ccccc1)c1ccc(Cl)cc1-2. The molecule has 0 heterocycles. The first-order valence-corrected chi connectivity index (χ1v) is 7.75. The number of halogens is 1. The largest absolute Gasteiger partial charge is 0.449 e. The third-order valence-corrected chi connectivity index (χ3v) is 4.64. The molecule has 0 aliphatic heterocycles. The lowest BCUT2D eigenvalue weighted by atomic mass is 9.77. The summed E-state index contributed by atoms with van der Waals surface area (Å²) in [4.78, 5) is 0. The maximum Gasteiger partial charge on any atom is 0.305 e. The van der Waals surface area contributed by atoms with Crippen LogP contribution in [0.3, 0.4) is 0 Å². The second kappa shape index (κ2) is 5.31. The summed E-state index contributed by atoms with van der Waals surface area (Å²) in [6, 6.07) is 22.6. The molecular weight excluding hydrogens is 290 g/mol. The molecule has 3 aromatic rings. The first kappa shape index (κ1) is 13.6. The normalized spacial score (nSPS) is 15.3. The van der Waals surface area contributed by atoms with E-state index in [1.807, 2.05) is 30.3 Å². The van der Waals surface area contributed by atoms with Crippen molar-refractivity contribution in [1.82, 2.24) is 0 Å². The van der Waals surface area contributed by atoms with Crippen molar-refractivity contribution in [3.8, 4) is 11.1 Å². The van der Waals surface area contributed by atoms with Crippen LogP contribution < -0.4 is 5.46 Å². The monoisotopic (exact) mass is 304 g/mol. The lowest BCUT2D eigenvalue weighted by Crippen LogP contribution is -2.21. The minimum atomic E-state index is 0.0498. The molecule has 106 valence electrons. The van der Waals surface area contributed by atoms with Crippen LogP contribution in [0.4, 0.5) is 0 Å². The standard InChI is InChI=1S/C19H14BClO/c21-13-9-10-15-16(11-13)14-7-4-8-17(20-22)19(14)18(15)12-5-2-1-3-6-12/h1-11,18,20,22H. The predicted molar refractivity (Wildman–Crippen MR) is 93.3 cm³/mol. The van der Waals surface area contributed by atoms with E-state index in [1.165, 1.54) is 27.8 Å². The van der Waals surface area contributed by atoms with Gasteiger partial charge in [-0.1, -0.05) is 66.2 Å². The van der Waals surface area contributed by atoms with Crippen LogP contribution in [0.2, 0.25) is 5.02 Å². The van der Waals surface area contributed by atoms with E-state index < -0.39 is 0 Å². The van der Waals surface area contributed by atoms with Gasteiger partial charge in [-0.15, -0.1) is 0 Å². The molecule has 3 aromatic carbocycles. The van der Waals surface area contributed by atoms with Crippen molar-refractivity contribution in [2.45, 2.75) is 5.92 Å². The number of rotatable bonds is 2. The van der Waals surface area contributed by atoms with E-state index in [0.717, 1.165) is 10.5 Å². The van der Waals surface area contributed by atoms with Crippen LogP contribution in [0.25, 0.3) is 11.1 Å². The molecule has 3 heteroatoms. The Morgan fingerprint density at radius 3 is 2.45 bits per heavy atom. The van der Waals surface area contributed by atoms with E-state index >= 15 is 0 Å². The van der Waals surface area contributed by atoms with Gasteiger partial charge in [-0.05, 0) is 45.4 Å². The number of fused-ring (bicyclic) bond motifs is 3. The highest BCUT2D eigenvalue weighted by Gasteiger charge is 2.31. The molecule has 0 amide bonds. The zero-order chi connectivity index (χ0) is 15.1. The fraction of sp³-hybridized carbons (Fsp3) is 0.0526. The first-order valence-electron chi connectivity index (χ1n) is 7.37. The Bertz CT molecular complexity index is 845. The Kier molecular flexibility index (Phi) is 3.29. The smallest absolute Gasteiger partial charge is 0.305 e. The van der Waals surface area contributed by atoms with Gasteiger partial charge in [0.15, 0.2) is 0 Å². The van der Waals surface area contributed by atoms with Crippen molar-refractivity contribution in [1.29, 1.82) is 0 Å². The van der Waals surface area contributed by atoms with Gasteiger partial charge in [0, 0.05) is 10.9 Å². The van der Waals surface area contributed by atoms with Crippen molar-refractivity contribution in [2.24, 2.45) is 0 Å². The van der Waals surface area contributed by atoms with E-state index in [-0.39, 0.29) is 13.4 Å². The Morgan fingerprint density at radius 2 is 1.68 bits per heavy atom. The Hall–Kier alpha value is -2.03. The van der Waals surface area contributed by atoms with Crippen LogP contribution in [0.1, 0.15) is 22.6 Å². The lowest BCUT2D eigenvalue weighted by molar-refractivity contribution is 0.615. The average molecular weight is 305 g/mol. The molecule has 1 aliphatic rings. The summed E-state index contributed by atoms with van der Waals surface area (Å²) in [5, 5.41) is 10.5. The van der Waals surface area contributed by atoms with Crippen molar-refractivity contribution in [2.75, 3.05) is 0 Å². The predicted octanol–water partition coefficient (Wildman–Crippen LogP) is 3.47. The van der Waals surface area contributed by atoms with Gasteiger partial charge in [0.1, 0.15) is 0 Å². The summed E-state index contributed by atoms with van der Waals surface area (Å²) >= 11 is 6.21. The highest BCUT2D eigenvalue weighted by atomic mass is 35.5. The second-order valence-corrected chi connectivity index (χ2v) is 6.05. The van der Waals surface area contributed by atoms with Crippen LogP contribution in [0.15, 0.2) is 66.7 Å². The fourth-order valence-corrected chi connectivity index (χ4v) is 3.66. The molecule has 0 saturated carbocycles. The van der Waals surface area contributed by atoms with E-state index in [4.69, 9.17) is 11.6 Å². The zero-order valence-electron chi connectivity index (χ0n) is 12.0.